The molecule has 4 rings (SSSR count). The van der Waals surface area contributed by atoms with Crippen molar-refractivity contribution in [3.63, 3.8) is 0 Å². The van der Waals surface area contributed by atoms with Gasteiger partial charge in [-0.1, -0.05) is 54.4 Å². The molecule has 3 aromatic carbocycles. The molecule has 5 nitrogen and oxygen atoms in total. The van der Waals surface area contributed by atoms with Crippen LogP contribution in [0, 0.1) is 34.6 Å². The molecule has 0 unspecified atom stereocenters. The van der Waals surface area contributed by atoms with Gasteiger partial charge >= 0.3 is 0 Å². The number of rotatable bonds is 6. The van der Waals surface area contributed by atoms with Crippen molar-refractivity contribution in [3.8, 4) is 45.7 Å². The molecule has 0 atom stereocenters. The van der Waals surface area contributed by atoms with Crippen LogP contribution in [0.15, 0.2) is 48.5 Å². The average Bonchev–Trinajstić information content (AvgIpc) is 2.79. The molecular weight excluding hydrogens is 422 g/mol. The molecular formula is C29H31N3O2. The first-order chi connectivity index (χ1) is 16.3. The second kappa shape index (κ2) is 9.64. The lowest BCUT2D eigenvalue weighted by atomic mass is 10.0. The maximum atomic E-state index is 10.9. The van der Waals surface area contributed by atoms with Crippen LogP contribution in [-0.2, 0) is 0 Å². The van der Waals surface area contributed by atoms with Gasteiger partial charge in [-0.05, 0) is 63.8 Å². The summed E-state index contributed by atoms with van der Waals surface area (Å²) in [5, 5.41) is 10.9. The molecule has 0 spiro atoms. The molecule has 0 radical (unpaired) electrons. The number of phenols is 1. The molecule has 4 aromatic rings. The Bertz CT molecular complexity index is 1290. The Morgan fingerprint density at radius 3 is 1.62 bits per heavy atom. The summed E-state index contributed by atoms with van der Waals surface area (Å²) >= 11 is 0. The predicted octanol–water partition coefficient (Wildman–Crippen LogP) is 6.91. The van der Waals surface area contributed by atoms with Crippen LogP contribution in [0.3, 0.4) is 0 Å². The van der Waals surface area contributed by atoms with Crippen LogP contribution >= 0.6 is 0 Å². The fourth-order valence-electron chi connectivity index (χ4n) is 4.09. The molecule has 0 saturated heterocycles. The van der Waals surface area contributed by atoms with Gasteiger partial charge < -0.3 is 9.84 Å². The highest BCUT2D eigenvalue weighted by molar-refractivity contribution is 5.73. The summed E-state index contributed by atoms with van der Waals surface area (Å²) in [4.78, 5) is 14.5. The van der Waals surface area contributed by atoms with Gasteiger partial charge in [-0.3, -0.25) is 0 Å². The van der Waals surface area contributed by atoms with Crippen molar-refractivity contribution < 1.29 is 9.84 Å². The van der Waals surface area contributed by atoms with E-state index < -0.39 is 0 Å². The lowest BCUT2D eigenvalue weighted by Crippen LogP contribution is -2.03. The molecule has 0 bridgehead atoms. The quantitative estimate of drug-likeness (QED) is 0.343. The summed E-state index contributed by atoms with van der Waals surface area (Å²) in [6, 6.07) is 16.0. The molecule has 1 aromatic heterocycles. The Morgan fingerprint density at radius 2 is 1.15 bits per heavy atom. The Hall–Kier alpha value is -3.73. The van der Waals surface area contributed by atoms with E-state index in [1.165, 1.54) is 11.1 Å². The van der Waals surface area contributed by atoms with Crippen LogP contribution in [0.25, 0.3) is 34.2 Å². The van der Waals surface area contributed by atoms with Crippen LogP contribution in [-0.4, -0.2) is 26.7 Å². The molecule has 174 valence electrons. The standard InChI is InChI=1S/C29H31N3O2/c1-7-12-34-26-16-25(33)24(15-21(26)6)29-31-27(22-10-8-17(2)13-19(22)4)30-28(32-29)23-11-9-18(3)14-20(23)5/h8-11,13-16,33H,7,12H2,1-6H3. The SMILES string of the molecule is CCCOc1cc(O)c(-c2nc(-c3ccc(C)cc3C)nc(-c3ccc(C)cc3C)n2)cc1C. The second-order valence-electron chi connectivity index (χ2n) is 8.93. The first-order valence-electron chi connectivity index (χ1n) is 11.6. The lowest BCUT2D eigenvalue weighted by molar-refractivity contribution is 0.313. The molecule has 0 aliphatic carbocycles. The molecule has 0 fully saturated rings. The van der Waals surface area contributed by atoms with E-state index in [9.17, 15) is 5.11 Å². The van der Waals surface area contributed by atoms with Crippen LogP contribution in [0.1, 0.15) is 41.2 Å². The number of phenolic OH excluding ortho intramolecular Hbond substituents is 1. The minimum Gasteiger partial charge on any atom is -0.507 e. The third-order valence-electron chi connectivity index (χ3n) is 5.88. The van der Waals surface area contributed by atoms with Gasteiger partial charge in [0.05, 0.1) is 12.2 Å². The van der Waals surface area contributed by atoms with E-state index in [4.69, 9.17) is 19.7 Å². The Balaban J connectivity index is 1.93. The van der Waals surface area contributed by atoms with E-state index in [2.05, 4.69) is 58.9 Å². The van der Waals surface area contributed by atoms with E-state index in [-0.39, 0.29) is 5.75 Å². The second-order valence-corrected chi connectivity index (χ2v) is 8.93. The first-order valence-corrected chi connectivity index (χ1v) is 11.6. The third-order valence-corrected chi connectivity index (χ3v) is 5.88. The van der Waals surface area contributed by atoms with E-state index in [0.29, 0.717) is 35.4 Å². The fourth-order valence-corrected chi connectivity index (χ4v) is 4.09. The van der Waals surface area contributed by atoms with Crippen molar-refractivity contribution in [1.82, 2.24) is 15.0 Å². The Morgan fingerprint density at radius 1 is 0.647 bits per heavy atom. The van der Waals surface area contributed by atoms with Gasteiger partial charge in [-0.25, -0.2) is 15.0 Å². The monoisotopic (exact) mass is 453 g/mol. The van der Waals surface area contributed by atoms with Gasteiger partial charge in [-0.15, -0.1) is 0 Å². The molecule has 0 aliphatic rings. The molecule has 1 N–H and O–H groups in total. The molecule has 34 heavy (non-hydrogen) atoms. The molecule has 1 heterocycles. The maximum absolute atomic E-state index is 10.9. The minimum atomic E-state index is 0.0843. The van der Waals surface area contributed by atoms with E-state index in [0.717, 1.165) is 34.2 Å². The zero-order valence-corrected chi connectivity index (χ0v) is 20.7. The fraction of sp³-hybridized carbons (Fsp3) is 0.276. The highest BCUT2D eigenvalue weighted by Gasteiger charge is 2.18. The smallest absolute Gasteiger partial charge is 0.167 e. The number of aromatic nitrogens is 3. The number of benzene rings is 3. The van der Waals surface area contributed by atoms with Gasteiger partial charge in [0.2, 0.25) is 0 Å². The number of hydrogen-bond donors (Lipinski definition) is 1. The van der Waals surface area contributed by atoms with Crippen LogP contribution < -0.4 is 4.74 Å². The summed E-state index contributed by atoms with van der Waals surface area (Å²) < 4.78 is 5.78. The minimum absolute atomic E-state index is 0.0843. The number of nitrogens with zero attached hydrogens (tertiary/aromatic N) is 3. The average molecular weight is 454 g/mol. The van der Waals surface area contributed by atoms with Crippen molar-refractivity contribution in [1.29, 1.82) is 0 Å². The van der Waals surface area contributed by atoms with Gasteiger partial charge in [0.1, 0.15) is 11.5 Å². The number of hydrogen-bond acceptors (Lipinski definition) is 5. The van der Waals surface area contributed by atoms with Crippen molar-refractivity contribution in [2.24, 2.45) is 0 Å². The maximum Gasteiger partial charge on any atom is 0.167 e. The van der Waals surface area contributed by atoms with Crippen LogP contribution in [0.4, 0.5) is 0 Å². The lowest BCUT2D eigenvalue weighted by Gasteiger charge is -2.14. The van der Waals surface area contributed by atoms with Crippen molar-refractivity contribution in [2.45, 2.75) is 48.0 Å². The van der Waals surface area contributed by atoms with Crippen molar-refractivity contribution in [3.05, 3.63) is 76.3 Å². The number of aromatic hydroxyl groups is 1. The molecule has 0 amide bonds. The van der Waals surface area contributed by atoms with E-state index in [1.54, 1.807) is 6.07 Å². The van der Waals surface area contributed by atoms with Gasteiger partial charge in [-0.2, -0.15) is 0 Å². The highest BCUT2D eigenvalue weighted by atomic mass is 16.5. The highest BCUT2D eigenvalue weighted by Crippen LogP contribution is 2.36. The summed E-state index contributed by atoms with van der Waals surface area (Å²) in [5.41, 5.74) is 7.91. The zero-order valence-electron chi connectivity index (χ0n) is 20.7. The summed E-state index contributed by atoms with van der Waals surface area (Å²) in [5.74, 6) is 2.35. The first kappa shape index (κ1) is 23.4. The molecule has 0 saturated carbocycles. The zero-order chi connectivity index (χ0) is 24.4. The number of ether oxygens (including phenoxy) is 1. The van der Waals surface area contributed by atoms with Crippen LogP contribution in [0.2, 0.25) is 0 Å². The predicted molar refractivity (Wildman–Crippen MR) is 137 cm³/mol. The van der Waals surface area contributed by atoms with Crippen LogP contribution in [0.5, 0.6) is 11.5 Å². The van der Waals surface area contributed by atoms with E-state index in [1.807, 2.05) is 25.1 Å². The molecule has 0 aliphatic heterocycles. The summed E-state index contributed by atoms with van der Waals surface area (Å²) in [6.07, 6.45) is 0.897. The normalized spacial score (nSPS) is 11.0. The Kier molecular flexibility index (Phi) is 6.64. The summed E-state index contributed by atoms with van der Waals surface area (Å²) in [7, 11) is 0. The van der Waals surface area contributed by atoms with Gasteiger partial charge in [0.25, 0.3) is 0 Å². The van der Waals surface area contributed by atoms with Crippen molar-refractivity contribution in [2.75, 3.05) is 6.61 Å². The third kappa shape index (κ3) is 4.79. The largest absolute Gasteiger partial charge is 0.507 e. The molecule has 5 heteroatoms. The Labute approximate surface area is 201 Å². The van der Waals surface area contributed by atoms with Crippen molar-refractivity contribution >= 4 is 0 Å². The topological polar surface area (TPSA) is 68.1 Å². The summed E-state index contributed by atoms with van der Waals surface area (Å²) in [6.45, 7) is 12.9. The van der Waals surface area contributed by atoms with Gasteiger partial charge in [0, 0.05) is 17.2 Å². The van der Waals surface area contributed by atoms with Gasteiger partial charge in [0.15, 0.2) is 17.5 Å². The van der Waals surface area contributed by atoms with E-state index >= 15 is 0 Å². The number of aryl methyl sites for hydroxylation is 5.